The Morgan fingerprint density at radius 1 is 0.724 bits per heavy atom. The first-order chi connectivity index (χ1) is 13.7. The van der Waals surface area contributed by atoms with Crippen LogP contribution in [0.2, 0.25) is 0 Å². The third-order valence-electron chi connectivity index (χ3n) is 4.74. The fraction of sp³-hybridized carbons (Fsp3) is 1.00. The summed E-state index contributed by atoms with van der Waals surface area (Å²) in [6.45, 7) is 5.82. The van der Waals surface area contributed by atoms with Gasteiger partial charge in [-0.3, -0.25) is 4.57 Å². The molecule has 7 heteroatoms. The molecule has 1 N–H and O–H groups in total. The summed E-state index contributed by atoms with van der Waals surface area (Å²) in [6, 6.07) is 0. The Morgan fingerprint density at radius 3 is 1.38 bits per heavy atom. The van der Waals surface area contributed by atoms with Crippen LogP contribution in [0.1, 0.15) is 110 Å². The first-order valence-corrected chi connectivity index (χ1v) is 13.2. The highest BCUT2D eigenvalue weighted by Crippen LogP contribution is 2.36. The number of nitrogens with zero attached hydrogens (tertiary/aromatic N) is 1. The highest BCUT2D eigenvalue weighted by atomic mass is 31.2. The second-order valence-corrected chi connectivity index (χ2v) is 10.3. The first-order valence-electron chi connectivity index (χ1n) is 11.8. The molecule has 0 aromatic rings. The van der Waals surface area contributed by atoms with E-state index in [1.807, 2.05) is 0 Å². The second kappa shape index (κ2) is 21.3. The number of phosphoric acid groups is 1. The standard InChI is InChI=1S/C16H35O5P.C6H16N/c1-2-3-4-5-6-7-8-9-10-11-12-13-14-15-16-20-22(18,19)21-17;1-5-6-7(2,3)4/h17H,2-16H2,1H3,(H,18,19);5-6H2,1-4H3/q;+1/p-1. The largest absolute Gasteiger partial charge is 0.754 e. The van der Waals surface area contributed by atoms with Crippen molar-refractivity contribution in [3.63, 3.8) is 0 Å². The number of phosphoric ester groups is 1. The molecule has 0 aromatic heterocycles. The molecule has 0 spiro atoms. The lowest BCUT2D eigenvalue weighted by Crippen LogP contribution is -2.34. The number of hydrogen-bond acceptors (Lipinski definition) is 5. The van der Waals surface area contributed by atoms with Gasteiger partial charge in [0.25, 0.3) is 7.82 Å². The molecule has 0 fully saturated rings. The van der Waals surface area contributed by atoms with Crippen LogP contribution in [0.4, 0.5) is 0 Å². The molecule has 0 aromatic carbocycles. The zero-order chi connectivity index (χ0) is 22.4. The van der Waals surface area contributed by atoms with Gasteiger partial charge in [-0.2, -0.15) is 4.67 Å². The van der Waals surface area contributed by atoms with Crippen molar-refractivity contribution in [1.29, 1.82) is 0 Å². The van der Waals surface area contributed by atoms with Crippen LogP contribution in [0.25, 0.3) is 0 Å². The molecule has 6 nitrogen and oxygen atoms in total. The molecular weight excluding hydrogens is 389 g/mol. The average molecular weight is 440 g/mol. The van der Waals surface area contributed by atoms with Gasteiger partial charge in [-0.05, 0) is 12.8 Å². The fourth-order valence-corrected chi connectivity index (χ4v) is 3.57. The van der Waals surface area contributed by atoms with E-state index >= 15 is 0 Å². The van der Waals surface area contributed by atoms with E-state index in [9.17, 15) is 9.46 Å². The van der Waals surface area contributed by atoms with Crippen LogP contribution in [-0.4, -0.2) is 44.0 Å². The Balaban J connectivity index is 0. The Morgan fingerprint density at radius 2 is 1.10 bits per heavy atom. The SMILES string of the molecule is CCCCCCCCCCCCCCCCOP(=O)([O-])OO.CCC[N+](C)(C)C. The van der Waals surface area contributed by atoms with Gasteiger partial charge in [-0.25, -0.2) is 5.26 Å². The van der Waals surface area contributed by atoms with Crippen LogP contribution >= 0.6 is 7.82 Å². The van der Waals surface area contributed by atoms with Crippen molar-refractivity contribution in [2.24, 2.45) is 0 Å². The minimum Gasteiger partial charge on any atom is -0.754 e. The maximum atomic E-state index is 10.7. The second-order valence-electron chi connectivity index (χ2n) is 8.97. The molecule has 0 saturated heterocycles. The Hall–Kier alpha value is 0.0300. The van der Waals surface area contributed by atoms with Crippen LogP contribution in [-0.2, 0) is 13.8 Å². The van der Waals surface area contributed by atoms with Gasteiger partial charge >= 0.3 is 0 Å². The quantitative estimate of drug-likeness (QED) is 0.0812. The van der Waals surface area contributed by atoms with Gasteiger partial charge in [0.2, 0.25) is 0 Å². The summed E-state index contributed by atoms with van der Waals surface area (Å²) in [7, 11) is 2.18. The molecule has 1 atom stereocenters. The van der Waals surface area contributed by atoms with E-state index in [1.165, 1.54) is 83.6 Å². The minimum absolute atomic E-state index is 0.0827. The minimum atomic E-state index is -4.45. The molecule has 0 heterocycles. The van der Waals surface area contributed by atoms with E-state index in [0.717, 1.165) is 17.3 Å². The molecule has 1 unspecified atom stereocenters. The molecule has 0 saturated carbocycles. The van der Waals surface area contributed by atoms with Crippen LogP contribution < -0.4 is 4.89 Å². The van der Waals surface area contributed by atoms with Crippen LogP contribution in [0.5, 0.6) is 0 Å². The molecule has 178 valence electrons. The molecule has 0 aliphatic rings. The molecule has 0 aliphatic heterocycles. The van der Waals surface area contributed by atoms with Crippen molar-refractivity contribution in [2.45, 2.75) is 110 Å². The van der Waals surface area contributed by atoms with Crippen molar-refractivity contribution in [2.75, 3.05) is 34.3 Å². The monoisotopic (exact) mass is 439 g/mol. The number of hydrogen-bond donors (Lipinski definition) is 1. The maximum Gasteiger partial charge on any atom is 0.297 e. The summed E-state index contributed by atoms with van der Waals surface area (Å²) < 4.78 is 19.4. The normalized spacial score (nSPS) is 13.6. The van der Waals surface area contributed by atoms with Crippen LogP contribution in [0.15, 0.2) is 0 Å². The van der Waals surface area contributed by atoms with Crippen molar-refractivity contribution >= 4 is 7.82 Å². The van der Waals surface area contributed by atoms with Crippen molar-refractivity contribution < 1.29 is 28.4 Å². The Bertz CT molecular complexity index is 375. The van der Waals surface area contributed by atoms with Crippen LogP contribution in [0, 0.1) is 0 Å². The molecule has 29 heavy (non-hydrogen) atoms. The summed E-state index contributed by atoms with van der Waals surface area (Å²) in [5.41, 5.74) is 0. The smallest absolute Gasteiger partial charge is 0.297 e. The molecule has 0 amide bonds. The molecule has 0 aliphatic carbocycles. The molecule has 0 rings (SSSR count). The molecule has 0 radical (unpaired) electrons. The molecule has 0 bridgehead atoms. The molecular formula is C22H50NO5P. The van der Waals surface area contributed by atoms with E-state index < -0.39 is 7.82 Å². The van der Waals surface area contributed by atoms with Crippen molar-refractivity contribution in [3.05, 3.63) is 0 Å². The lowest BCUT2D eigenvalue weighted by atomic mass is 10.0. The van der Waals surface area contributed by atoms with Gasteiger partial charge in [0.05, 0.1) is 34.3 Å². The number of rotatable bonds is 19. The lowest BCUT2D eigenvalue weighted by Gasteiger charge is -2.22. The van der Waals surface area contributed by atoms with E-state index in [4.69, 9.17) is 5.26 Å². The number of unbranched alkanes of at least 4 members (excludes halogenated alkanes) is 13. The summed E-state index contributed by atoms with van der Waals surface area (Å²) in [4.78, 5) is 10.7. The Kier molecular flexibility index (Phi) is 22.9. The number of quaternary nitrogens is 1. The predicted octanol–water partition coefficient (Wildman–Crippen LogP) is 6.54. The average Bonchev–Trinajstić information content (AvgIpc) is 2.64. The zero-order valence-electron chi connectivity index (χ0n) is 20.0. The van der Waals surface area contributed by atoms with Crippen molar-refractivity contribution in [3.8, 4) is 0 Å². The van der Waals surface area contributed by atoms with Gasteiger partial charge < -0.3 is 13.9 Å². The maximum absolute atomic E-state index is 10.7. The first kappa shape index (κ1) is 31.2. The van der Waals surface area contributed by atoms with Gasteiger partial charge in [0, 0.05) is 0 Å². The van der Waals surface area contributed by atoms with E-state index in [1.54, 1.807) is 0 Å². The predicted molar refractivity (Wildman–Crippen MR) is 121 cm³/mol. The summed E-state index contributed by atoms with van der Waals surface area (Å²) >= 11 is 0. The van der Waals surface area contributed by atoms with E-state index in [2.05, 4.69) is 44.2 Å². The third-order valence-corrected chi connectivity index (χ3v) is 5.44. The third kappa shape index (κ3) is 30.3. The van der Waals surface area contributed by atoms with Gasteiger partial charge in [0.15, 0.2) is 0 Å². The highest BCUT2D eigenvalue weighted by molar-refractivity contribution is 7.45. The van der Waals surface area contributed by atoms with Crippen LogP contribution in [0.3, 0.4) is 0 Å². The van der Waals surface area contributed by atoms with Gasteiger partial charge in [-0.1, -0.05) is 97.3 Å². The summed E-state index contributed by atoms with van der Waals surface area (Å²) in [5, 5.41) is 8.01. The Labute approximate surface area is 181 Å². The van der Waals surface area contributed by atoms with Gasteiger partial charge in [-0.15, -0.1) is 0 Å². The summed E-state index contributed by atoms with van der Waals surface area (Å²) in [6.07, 6.45) is 18.7. The fourth-order valence-electron chi connectivity index (χ4n) is 3.17. The van der Waals surface area contributed by atoms with E-state index in [-0.39, 0.29) is 6.61 Å². The summed E-state index contributed by atoms with van der Waals surface area (Å²) in [5.74, 6) is 0. The van der Waals surface area contributed by atoms with E-state index in [0.29, 0.717) is 6.42 Å². The van der Waals surface area contributed by atoms with Gasteiger partial charge in [0.1, 0.15) is 0 Å². The highest BCUT2D eigenvalue weighted by Gasteiger charge is 2.07. The topological polar surface area (TPSA) is 78.8 Å². The zero-order valence-corrected chi connectivity index (χ0v) is 20.9. The lowest BCUT2D eigenvalue weighted by molar-refractivity contribution is -0.870. The van der Waals surface area contributed by atoms with Crippen molar-refractivity contribution in [1.82, 2.24) is 0 Å².